The maximum Gasteiger partial charge on any atom is 0.267 e. The smallest absolute Gasteiger partial charge is 0.267 e. The van der Waals surface area contributed by atoms with Crippen molar-refractivity contribution in [1.29, 1.82) is 0 Å². The fraction of sp³-hybridized carbons (Fsp3) is 0.667. The van der Waals surface area contributed by atoms with Crippen molar-refractivity contribution in [3.63, 3.8) is 0 Å². The van der Waals surface area contributed by atoms with Crippen molar-refractivity contribution in [3.8, 4) is 0 Å². The van der Waals surface area contributed by atoms with Crippen LogP contribution >= 0.6 is 0 Å². The Hall–Kier alpha value is -1.65. The molecule has 0 atom stereocenters. The van der Waals surface area contributed by atoms with E-state index >= 15 is 0 Å². The molecule has 1 aromatic heterocycles. The van der Waals surface area contributed by atoms with Crippen LogP contribution in [0.4, 0.5) is 0 Å². The zero-order valence-electron chi connectivity index (χ0n) is 11.8. The number of hydrogen-bond donors (Lipinski definition) is 0. The van der Waals surface area contributed by atoms with Crippen LogP contribution in [0.1, 0.15) is 43.4 Å². The van der Waals surface area contributed by atoms with E-state index in [1.165, 1.54) is 11.1 Å². The first-order valence-corrected chi connectivity index (χ1v) is 7.62. The number of nitrogens with zero attached hydrogens (tertiary/aromatic N) is 3. The molecular weight excluding hydrogens is 254 g/mol. The minimum absolute atomic E-state index is 0.0191. The second-order valence-electron chi connectivity index (χ2n) is 5.76. The molecule has 2 aliphatic rings. The van der Waals surface area contributed by atoms with Gasteiger partial charge in [0.25, 0.3) is 5.56 Å². The third-order valence-corrected chi connectivity index (χ3v) is 4.27. The molecule has 5 heteroatoms. The molecule has 0 bridgehead atoms. The zero-order chi connectivity index (χ0) is 13.9. The van der Waals surface area contributed by atoms with Gasteiger partial charge in [-0.15, -0.1) is 0 Å². The Kier molecular flexibility index (Phi) is 3.85. The van der Waals surface area contributed by atoms with Crippen LogP contribution in [0.5, 0.6) is 0 Å². The van der Waals surface area contributed by atoms with E-state index in [1.54, 1.807) is 6.07 Å². The van der Waals surface area contributed by atoms with E-state index in [0.717, 1.165) is 62.9 Å². The molecule has 20 heavy (non-hydrogen) atoms. The van der Waals surface area contributed by atoms with Crippen molar-refractivity contribution in [2.75, 3.05) is 13.1 Å². The van der Waals surface area contributed by atoms with Crippen LogP contribution in [-0.4, -0.2) is 33.7 Å². The van der Waals surface area contributed by atoms with E-state index in [0.29, 0.717) is 0 Å². The average molecular weight is 275 g/mol. The van der Waals surface area contributed by atoms with E-state index in [1.807, 2.05) is 4.90 Å². The van der Waals surface area contributed by atoms with Crippen molar-refractivity contribution >= 4 is 5.91 Å². The third-order valence-electron chi connectivity index (χ3n) is 4.27. The Morgan fingerprint density at radius 2 is 1.85 bits per heavy atom. The summed E-state index contributed by atoms with van der Waals surface area (Å²) in [5.74, 6) is 0.0191. The molecule has 2 heterocycles. The van der Waals surface area contributed by atoms with Crippen LogP contribution in [0.15, 0.2) is 10.9 Å². The number of carbonyl (C=O) groups excluding carboxylic acids is 1. The number of fused-ring (bicyclic) bond motifs is 1. The predicted octanol–water partition coefficient (Wildman–Crippen LogP) is 1.13. The van der Waals surface area contributed by atoms with Gasteiger partial charge in [0.15, 0.2) is 0 Å². The van der Waals surface area contributed by atoms with Crippen LogP contribution in [0.2, 0.25) is 0 Å². The lowest BCUT2D eigenvalue weighted by Crippen LogP contribution is -2.36. The number of aromatic nitrogens is 2. The molecule has 0 aromatic carbocycles. The molecule has 3 rings (SSSR count). The lowest BCUT2D eigenvalue weighted by Gasteiger charge is -2.16. The zero-order valence-corrected chi connectivity index (χ0v) is 11.8. The lowest BCUT2D eigenvalue weighted by atomic mass is 10.1. The summed E-state index contributed by atoms with van der Waals surface area (Å²) in [4.78, 5) is 26.0. The number of hydrogen-bond acceptors (Lipinski definition) is 3. The molecule has 1 aliphatic carbocycles. The van der Waals surface area contributed by atoms with Gasteiger partial charge >= 0.3 is 0 Å². The van der Waals surface area contributed by atoms with Crippen molar-refractivity contribution < 1.29 is 4.79 Å². The Morgan fingerprint density at radius 3 is 2.65 bits per heavy atom. The van der Waals surface area contributed by atoms with E-state index in [9.17, 15) is 9.59 Å². The number of carbonyl (C=O) groups is 1. The van der Waals surface area contributed by atoms with E-state index < -0.39 is 0 Å². The van der Waals surface area contributed by atoms with Gasteiger partial charge in [-0.2, -0.15) is 5.10 Å². The van der Waals surface area contributed by atoms with Crippen molar-refractivity contribution in [2.24, 2.45) is 0 Å². The van der Waals surface area contributed by atoms with E-state index in [-0.39, 0.29) is 18.0 Å². The molecule has 1 fully saturated rings. The van der Waals surface area contributed by atoms with Gasteiger partial charge in [0.05, 0.1) is 5.69 Å². The van der Waals surface area contributed by atoms with Gasteiger partial charge in [0, 0.05) is 19.2 Å². The molecule has 1 aliphatic heterocycles. The molecule has 0 unspecified atom stereocenters. The fourth-order valence-corrected chi connectivity index (χ4v) is 3.09. The fourth-order valence-electron chi connectivity index (χ4n) is 3.09. The summed E-state index contributed by atoms with van der Waals surface area (Å²) in [6.07, 6.45) is 7.45. The van der Waals surface area contributed by atoms with E-state index in [2.05, 4.69) is 5.10 Å². The van der Waals surface area contributed by atoms with Gasteiger partial charge in [-0.25, -0.2) is 4.68 Å². The summed E-state index contributed by atoms with van der Waals surface area (Å²) in [6.45, 7) is 1.73. The summed E-state index contributed by atoms with van der Waals surface area (Å²) in [6, 6.07) is 1.69. The minimum Gasteiger partial charge on any atom is -0.341 e. The third kappa shape index (κ3) is 2.76. The summed E-state index contributed by atoms with van der Waals surface area (Å²) in [5.41, 5.74) is 1.95. The van der Waals surface area contributed by atoms with Crippen molar-refractivity contribution in [1.82, 2.24) is 14.7 Å². The molecule has 1 saturated heterocycles. The molecule has 1 amide bonds. The number of aryl methyl sites for hydroxylation is 2. The van der Waals surface area contributed by atoms with Crippen molar-refractivity contribution in [3.05, 3.63) is 27.7 Å². The molecule has 0 saturated carbocycles. The van der Waals surface area contributed by atoms with Gasteiger partial charge < -0.3 is 4.90 Å². The second-order valence-corrected chi connectivity index (χ2v) is 5.76. The van der Waals surface area contributed by atoms with Crippen LogP contribution in [0, 0.1) is 0 Å². The van der Waals surface area contributed by atoms with Crippen LogP contribution in [0.3, 0.4) is 0 Å². The number of amides is 1. The van der Waals surface area contributed by atoms with Gasteiger partial charge in [-0.1, -0.05) is 6.42 Å². The normalized spacial score (nSPS) is 18.7. The largest absolute Gasteiger partial charge is 0.341 e. The van der Waals surface area contributed by atoms with Gasteiger partial charge in [0.1, 0.15) is 6.54 Å². The van der Waals surface area contributed by atoms with Crippen LogP contribution < -0.4 is 5.56 Å². The second kappa shape index (κ2) is 5.77. The molecule has 0 N–H and O–H groups in total. The van der Waals surface area contributed by atoms with Gasteiger partial charge in [-0.05, 0) is 44.1 Å². The van der Waals surface area contributed by atoms with Crippen molar-refractivity contribution in [2.45, 2.75) is 51.5 Å². The monoisotopic (exact) mass is 275 g/mol. The lowest BCUT2D eigenvalue weighted by molar-refractivity contribution is -0.131. The summed E-state index contributed by atoms with van der Waals surface area (Å²) in [7, 11) is 0. The molecule has 1 aromatic rings. The Balaban J connectivity index is 1.80. The van der Waals surface area contributed by atoms with Gasteiger partial charge in [-0.3, -0.25) is 9.59 Å². The first-order chi connectivity index (χ1) is 9.74. The summed E-state index contributed by atoms with van der Waals surface area (Å²) < 4.78 is 1.35. The number of likely N-dealkylation sites (tertiary alicyclic amines) is 1. The van der Waals surface area contributed by atoms with E-state index in [4.69, 9.17) is 0 Å². The van der Waals surface area contributed by atoms with Gasteiger partial charge in [0.2, 0.25) is 5.91 Å². The van der Waals surface area contributed by atoms with Crippen LogP contribution in [-0.2, 0) is 24.2 Å². The Labute approximate surface area is 118 Å². The maximum absolute atomic E-state index is 12.1. The highest BCUT2D eigenvalue weighted by atomic mass is 16.2. The molecular formula is C15H21N3O2. The Bertz CT molecular complexity index is 559. The standard InChI is InChI=1S/C15H21N3O2/c19-14-10-12-6-2-1-3-7-13(12)16-18(14)11-15(20)17-8-4-5-9-17/h10H,1-9,11H2. The SMILES string of the molecule is O=C(Cn1nc2c(cc1=O)CCCCC2)N1CCCC1. The topological polar surface area (TPSA) is 55.2 Å². The first kappa shape index (κ1) is 13.3. The average Bonchev–Trinajstić information content (AvgIpc) is 2.88. The summed E-state index contributed by atoms with van der Waals surface area (Å²) >= 11 is 0. The predicted molar refractivity (Wildman–Crippen MR) is 75.6 cm³/mol. The highest BCUT2D eigenvalue weighted by Crippen LogP contribution is 2.17. The first-order valence-electron chi connectivity index (χ1n) is 7.62. The summed E-state index contributed by atoms with van der Waals surface area (Å²) in [5, 5.41) is 4.44. The minimum atomic E-state index is -0.141. The molecule has 0 radical (unpaired) electrons. The highest BCUT2D eigenvalue weighted by molar-refractivity contribution is 5.76. The maximum atomic E-state index is 12.1. The highest BCUT2D eigenvalue weighted by Gasteiger charge is 2.20. The number of rotatable bonds is 2. The molecule has 0 spiro atoms. The quantitative estimate of drug-likeness (QED) is 0.760. The Morgan fingerprint density at radius 1 is 1.10 bits per heavy atom. The molecule has 108 valence electrons. The van der Waals surface area contributed by atoms with Crippen LogP contribution in [0.25, 0.3) is 0 Å². The molecule has 5 nitrogen and oxygen atoms in total.